The van der Waals surface area contributed by atoms with E-state index in [-0.39, 0.29) is 0 Å². The highest BCUT2D eigenvalue weighted by molar-refractivity contribution is 6.11. The summed E-state index contributed by atoms with van der Waals surface area (Å²) in [7, 11) is 0. The van der Waals surface area contributed by atoms with E-state index in [9.17, 15) is 0 Å². The number of benzene rings is 8. The molecule has 0 saturated carbocycles. The normalized spacial score (nSPS) is 11.4. The molecule has 2 heterocycles. The molecule has 10 rings (SSSR count). The summed E-state index contributed by atoms with van der Waals surface area (Å²) in [4.78, 5) is 0. The van der Waals surface area contributed by atoms with Crippen molar-refractivity contribution in [3.63, 3.8) is 0 Å². The van der Waals surface area contributed by atoms with Crippen LogP contribution in [-0.4, -0.2) is 19.3 Å². The molecular weight excluding hydrogens is 669 g/mol. The van der Waals surface area contributed by atoms with Gasteiger partial charge in [-0.05, 0) is 88.8 Å². The maximum absolute atomic E-state index is 4.73. The van der Waals surface area contributed by atoms with E-state index in [4.69, 9.17) is 5.10 Å². The third-order valence-electron chi connectivity index (χ3n) is 10.6. The summed E-state index contributed by atoms with van der Waals surface area (Å²) in [6.45, 7) is 2.17. The maximum atomic E-state index is 4.73. The van der Waals surface area contributed by atoms with Crippen molar-refractivity contribution < 1.29 is 0 Å². The maximum Gasteiger partial charge on any atom is 0.168 e. The van der Waals surface area contributed by atoms with Crippen LogP contribution >= 0.6 is 0 Å². The van der Waals surface area contributed by atoms with Crippen molar-refractivity contribution in [2.24, 2.45) is 0 Å². The summed E-state index contributed by atoms with van der Waals surface area (Å²) in [5.74, 6) is 1.61. The smallest absolute Gasteiger partial charge is 0.168 e. The second-order valence-electron chi connectivity index (χ2n) is 14.0. The zero-order chi connectivity index (χ0) is 36.7. The number of hydrogen-bond donors (Lipinski definition) is 0. The van der Waals surface area contributed by atoms with Crippen LogP contribution in [0.15, 0.2) is 200 Å². The van der Waals surface area contributed by atoms with Crippen molar-refractivity contribution in [3.05, 3.63) is 206 Å². The van der Waals surface area contributed by atoms with Gasteiger partial charge in [0.15, 0.2) is 11.6 Å². The third kappa shape index (κ3) is 5.72. The van der Waals surface area contributed by atoms with Crippen LogP contribution in [0, 0.1) is 6.92 Å². The Hall–Kier alpha value is -7.30. The molecule has 0 aliphatic rings. The Kier molecular flexibility index (Phi) is 8.00. The fraction of sp³-hybridized carbons (Fsp3) is 0.0196. The first-order valence-electron chi connectivity index (χ1n) is 18.7. The van der Waals surface area contributed by atoms with Gasteiger partial charge in [-0.25, -0.2) is 0 Å². The molecule has 4 nitrogen and oxygen atoms in total. The highest BCUT2D eigenvalue weighted by Gasteiger charge is 2.19. The summed E-state index contributed by atoms with van der Waals surface area (Å²) in [6, 6.07) is 71.2. The number of nitrogens with zero attached hydrogens (tertiary/aromatic N) is 4. The van der Waals surface area contributed by atoms with E-state index in [1.54, 1.807) is 0 Å². The summed E-state index contributed by atoms with van der Waals surface area (Å²) in [5, 5.41) is 11.9. The number of aryl methyl sites for hydroxylation is 1. The molecule has 0 N–H and O–H groups in total. The molecule has 0 fully saturated rings. The quantitative estimate of drug-likeness (QED) is 0.166. The number of hydrogen-bond acceptors (Lipinski definition) is 2. The molecule has 55 heavy (non-hydrogen) atoms. The predicted octanol–water partition coefficient (Wildman–Crippen LogP) is 13.0. The van der Waals surface area contributed by atoms with Gasteiger partial charge in [0, 0.05) is 33.3 Å². The van der Waals surface area contributed by atoms with Gasteiger partial charge in [-0.2, -0.15) is 0 Å². The minimum Gasteiger partial charge on any atom is -0.309 e. The summed E-state index contributed by atoms with van der Waals surface area (Å²) in [5.41, 5.74) is 15.0. The van der Waals surface area contributed by atoms with Crippen molar-refractivity contribution >= 4 is 21.8 Å². The van der Waals surface area contributed by atoms with Crippen LogP contribution in [0.3, 0.4) is 0 Å². The number of fused-ring (bicyclic) bond motifs is 3. The molecule has 0 spiro atoms. The Morgan fingerprint density at radius 3 is 1.35 bits per heavy atom. The highest BCUT2D eigenvalue weighted by atomic mass is 15.3. The van der Waals surface area contributed by atoms with Crippen LogP contribution in [0.2, 0.25) is 0 Å². The summed E-state index contributed by atoms with van der Waals surface area (Å²) >= 11 is 0. The van der Waals surface area contributed by atoms with Gasteiger partial charge in [-0.1, -0.05) is 157 Å². The molecule has 0 amide bonds. The molecule has 0 radical (unpaired) electrons. The molecule has 0 bridgehead atoms. The lowest BCUT2D eigenvalue weighted by molar-refractivity contribution is 1.07. The molecule has 260 valence electrons. The van der Waals surface area contributed by atoms with Crippen molar-refractivity contribution in [3.8, 4) is 67.5 Å². The Morgan fingerprint density at radius 2 is 0.745 bits per heavy atom. The van der Waals surface area contributed by atoms with Crippen molar-refractivity contribution in [2.75, 3.05) is 0 Å². The molecule has 2 aromatic heterocycles. The third-order valence-corrected chi connectivity index (χ3v) is 10.6. The molecule has 0 saturated heterocycles. The van der Waals surface area contributed by atoms with E-state index in [1.165, 1.54) is 55.2 Å². The SMILES string of the molecule is Cc1ccc2c(c1)c1cc(-c3ccccc3-c3ccccc3-c3ccc(-c4nnc(-c5ccccc5)n4-c4ccccc4)cc3)ccc1n2-c1ccccc1. The molecule has 8 aromatic carbocycles. The lowest BCUT2D eigenvalue weighted by Gasteiger charge is -2.16. The minimum atomic E-state index is 0.800. The van der Waals surface area contributed by atoms with Crippen LogP contribution < -0.4 is 0 Å². The monoisotopic (exact) mass is 704 g/mol. The van der Waals surface area contributed by atoms with E-state index in [0.717, 1.165) is 39.7 Å². The van der Waals surface area contributed by atoms with Crippen molar-refractivity contribution in [1.82, 2.24) is 19.3 Å². The zero-order valence-electron chi connectivity index (χ0n) is 30.3. The van der Waals surface area contributed by atoms with Crippen molar-refractivity contribution in [2.45, 2.75) is 6.92 Å². The topological polar surface area (TPSA) is 35.6 Å². The van der Waals surface area contributed by atoms with Crippen LogP contribution in [0.1, 0.15) is 5.56 Å². The molecule has 0 aliphatic heterocycles. The van der Waals surface area contributed by atoms with E-state index in [1.807, 2.05) is 36.4 Å². The molecule has 4 heteroatoms. The van der Waals surface area contributed by atoms with Gasteiger partial charge >= 0.3 is 0 Å². The second-order valence-corrected chi connectivity index (χ2v) is 14.0. The molecule has 10 aromatic rings. The Balaban J connectivity index is 1.06. The molecular formula is C51H36N4. The number of rotatable bonds is 7. The highest BCUT2D eigenvalue weighted by Crippen LogP contribution is 2.41. The largest absolute Gasteiger partial charge is 0.309 e. The van der Waals surface area contributed by atoms with Crippen LogP contribution in [0.25, 0.3) is 89.3 Å². The fourth-order valence-corrected chi connectivity index (χ4v) is 7.97. The van der Waals surface area contributed by atoms with Gasteiger partial charge in [-0.15, -0.1) is 10.2 Å². The Morgan fingerprint density at radius 1 is 0.327 bits per heavy atom. The summed E-state index contributed by atoms with van der Waals surface area (Å²) < 4.78 is 4.52. The lowest BCUT2D eigenvalue weighted by atomic mass is 9.89. The molecule has 0 unspecified atom stereocenters. The van der Waals surface area contributed by atoms with Crippen molar-refractivity contribution in [1.29, 1.82) is 0 Å². The van der Waals surface area contributed by atoms with Crippen LogP contribution in [0.4, 0.5) is 0 Å². The average Bonchev–Trinajstić information content (AvgIpc) is 3.84. The predicted molar refractivity (Wildman–Crippen MR) is 228 cm³/mol. The van der Waals surface area contributed by atoms with E-state index >= 15 is 0 Å². The van der Waals surface area contributed by atoms with Crippen LogP contribution in [0.5, 0.6) is 0 Å². The average molecular weight is 705 g/mol. The first-order chi connectivity index (χ1) is 27.2. The van der Waals surface area contributed by atoms with Gasteiger partial charge in [0.2, 0.25) is 0 Å². The standard InChI is InChI=1S/C51H36N4/c1-35-25-31-48-46(33-35)47-34-39(30-32-49(47)54(48)40-17-7-3-8-18-40)43-22-12-14-24-45(43)44-23-13-11-21-42(44)36-26-28-38(29-27-36)51-53-52-50(37-15-5-2-6-16-37)55(51)41-19-9-4-10-20-41/h2-34H,1H3. The number of para-hydroxylation sites is 2. The first kappa shape index (κ1) is 32.4. The second kappa shape index (κ2) is 13.6. The van der Waals surface area contributed by atoms with Gasteiger partial charge in [0.05, 0.1) is 11.0 Å². The number of aromatic nitrogens is 4. The zero-order valence-corrected chi connectivity index (χ0v) is 30.3. The molecule has 0 atom stereocenters. The first-order valence-corrected chi connectivity index (χ1v) is 18.7. The Labute approximate surface area is 320 Å². The van der Waals surface area contributed by atoms with E-state index in [0.29, 0.717) is 0 Å². The van der Waals surface area contributed by atoms with Gasteiger partial charge in [0.1, 0.15) is 0 Å². The minimum absolute atomic E-state index is 0.800. The van der Waals surface area contributed by atoms with Gasteiger partial charge < -0.3 is 4.57 Å². The van der Waals surface area contributed by atoms with Gasteiger partial charge in [0.25, 0.3) is 0 Å². The Bertz CT molecular complexity index is 2960. The summed E-state index contributed by atoms with van der Waals surface area (Å²) in [6.07, 6.45) is 0. The van der Waals surface area contributed by atoms with Crippen LogP contribution in [-0.2, 0) is 0 Å². The van der Waals surface area contributed by atoms with E-state index in [2.05, 4.69) is 185 Å². The van der Waals surface area contributed by atoms with E-state index < -0.39 is 0 Å². The lowest BCUT2D eigenvalue weighted by Crippen LogP contribution is -2.00. The molecule has 0 aliphatic carbocycles. The fourth-order valence-electron chi connectivity index (χ4n) is 7.97. The van der Waals surface area contributed by atoms with Gasteiger partial charge in [-0.3, -0.25) is 4.57 Å².